The monoisotopic (exact) mass is 217 g/mol. The average Bonchev–Trinajstić information content (AvgIpc) is 2.67. The van der Waals surface area contributed by atoms with E-state index in [2.05, 4.69) is 11.7 Å². The van der Waals surface area contributed by atoms with Gasteiger partial charge in [0.25, 0.3) is 0 Å². The molecule has 1 aliphatic heterocycles. The van der Waals surface area contributed by atoms with Gasteiger partial charge in [-0.3, -0.25) is 0 Å². The van der Waals surface area contributed by atoms with Crippen LogP contribution < -0.4 is 11.6 Å². The zero-order valence-corrected chi connectivity index (χ0v) is 8.76. The van der Waals surface area contributed by atoms with Gasteiger partial charge < -0.3 is 21.1 Å². The molecule has 0 radical (unpaired) electrons. The van der Waals surface area contributed by atoms with Crippen molar-refractivity contribution in [2.75, 3.05) is 19.8 Å². The molecular weight excluding hydrogens is 202 g/mol. The predicted molar refractivity (Wildman–Crippen MR) is 57.4 cm³/mol. The zero-order chi connectivity index (χ0) is 10.4. The number of ether oxygens (including phenoxy) is 2. The van der Waals surface area contributed by atoms with E-state index in [0.717, 1.165) is 31.4 Å². The molecule has 1 saturated heterocycles. The quantitative estimate of drug-likeness (QED) is 0.235. The molecule has 1 atom stereocenters. The van der Waals surface area contributed by atoms with Crippen LogP contribution in [-0.4, -0.2) is 25.0 Å². The molecule has 0 bridgehead atoms. The highest BCUT2D eigenvalue weighted by Crippen LogP contribution is 2.18. The smallest absolute Gasteiger partial charge is 0.185 e. The first-order valence-corrected chi connectivity index (χ1v) is 5.14. The molecule has 4 N–H and O–H groups in total. The number of rotatable bonds is 4. The summed E-state index contributed by atoms with van der Waals surface area (Å²) in [6.07, 6.45) is 1.04. The zero-order valence-electron chi connectivity index (χ0n) is 7.94. The van der Waals surface area contributed by atoms with Crippen LogP contribution in [0.25, 0.3) is 0 Å². The molecule has 80 valence electrons. The number of nitrogens with zero attached hydrogens (tertiary/aromatic N) is 1. The third-order valence-corrected chi connectivity index (χ3v) is 2.51. The van der Waals surface area contributed by atoms with Gasteiger partial charge in [0.05, 0.1) is 13.2 Å². The number of hydrogen-bond acceptors (Lipinski definition) is 5. The van der Waals surface area contributed by atoms with Crippen molar-refractivity contribution in [1.82, 2.24) is 0 Å². The van der Waals surface area contributed by atoms with Gasteiger partial charge in [-0.05, 0) is 24.8 Å². The molecule has 5 nitrogen and oxygen atoms in total. The normalized spacial score (nSPS) is 22.3. The summed E-state index contributed by atoms with van der Waals surface area (Å²) in [4.78, 5) is 0. The number of amidine groups is 1. The Balaban J connectivity index is 2.14. The molecule has 14 heavy (non-hydrogen) atoms. The van der Waals surface area contributed by atoms with E-state index in [0.29, 0.717) is 17.6 Å². The van der Waals surface area contributed by atoms with Crippen molar-refractivity contribution in [3.63, 3.8) is 0 Å². The number of hydrazone groups is 1. The molecule has 0 aromatic rings. The van der Waals surface area contributed by atoms with Crippen LogP contribution in [0.15, 0.2) is 16.8 Å². The Bertz CT molecular complexity index is 227. The van der Waals surface area contributed by atoms with Gasteiger partial charge in [0, 0.05) is 12.5 Å². The highest BCUT2D eigenvalue weighted by molar-refractivity contribution is 8.16. The molecule has 0 spiro atoms. The van der Waals surface area contributed by atoms with Crippen molar-refractivity contribution in [1.29, 1.82) is 0 Å². The summed E-state index contributed by atoms with van der Waals surface area (Å²) in [5.41, 5.74) is 5.38. The fourth-order valence-electron chi connectivity index (χ4n) is 1.10. The standard InChI is InChI=1S/C8H15N3O2S/c1-6(14-8(9)11-10)13-5-7-2-3-12-4-7/h7H,1-5,10H2,(H2,9,11). The van der Waals surface area contributed by atoms with Gasteiger partial charge in [0.15, 0.2) is 10.3 Å². The molecule has 0 aromatic carbocycles. The summed E-state index contributed by atoms with van der Waals surface area (Å²) in [6, 6.07) is 0. The van der Waals surface area contributed by atoms with E-state index >= 15 is 0 Å². The number of hydrogen-bond donors (Lipinski definition) is 2. The fraction of sp³-hybridized carbons (Fsp3) is 0.625. The molecule has 0 saturated carbocycles. The second-order valence-electron chi connectivity index (χ2n) is 2.98. The second kappa shape index (κ2) is 5.77. The van der Waals surface area contributed by atoms with Gasteiger partial charge in [-0.25, -0.2) is 0 Å². The van der Waals surface area contributed by atoms with Crippen molar-refractivity contribution >= 4 is 16.9 Å². The van der Waals surface area contributed by atoms with Crippen LogP contribution in [0.5, 0.6) is 0 Å². The summed E-state index contributed by atoms with van der Waals surface area (Å²) in [5, 5.41) is 4.07. The van der Waals surface area contributed by atoms with E-state index in [1.807, 2.05) is 0 Å². The van der Waals surface area contributed by atoms with E-state index in [1.165, 1.54) is 0 Å². The maximum Gasteiger partial charge on any atom is 0.185 e. The Hall–Kier alpha value is -0.880. The van der Waals surface area contributed by atoms with Crippen LogP contribution in [0, 0.1) is 5.92 Å². The Labute approximate surface area is 87.5 Å². The van der Waals surface area contributed by atoms with Gasteiger partial charge in [0.2, 0.25) is 0 Å². The lowest BCUT2D eigenvalue weighted by molar-refractivity contribution is 0.147. The summed E-state index contributed by atoms with van der Waals surface area (Å²) >= 11 is 1.13. The van der Waals surface area contributed by atoms with Crippen LogP contribution in [0.1, 0.15) is 6.42 Å². The Kier molecular flexibility index (Phi) is 4.61. The first kappa shape index (κ1) is 11.2. The number of nitrogens with two attached hydrogens (primary N) is 2. The molecule has 1 aliphatic rings. The van der Waals surface area contributed by atoms with Gasteiger partial charge in [-0.1, -0.05) is 0 Å². The minimum Gasteiger partial charge on any atom is -0.487 e. The average molecular weight is 217 g/mol. The van der Waals surface area contributed by atoms with Crippen LogP contribution in [-0.2, 0) is 9.47 Å². The molecule has 0 amide bonds. The highest BCUT2D eigenvalue weighted by atomic mass is 32.2. The topological polar surface area (TPSA) is 82.9 Å². The third-order valence-electron chi connectivity index (χ3n) is 1.85. The van der Waals surface area contributed by atoms with E-state index in [9.17, 15) is 0 Å². The first-order valence-electron chi connectivity index (χ1n) is 4.33. The molecule has 0 aliphatic carbocycles. The molecule has 0 aromatic heterocycles. The van der Waals surface area contributed by atoms with Gasteiger partial charge in [0.1, 0.15) is 0 Å². The van der Waals surface area contributed by atoms with Crippen LogP contribution in [0.3, 0.4) is 0 Å². The molecule has 1 rings (SSSR count). The lowest BCUT2D eigenvalue weighted by Gasteiger charge is -2.10. The lowest BCUT2D eigenvalue weighted by atomic mass is 10.1. The van der Waals surface area contributed by atoms with Crippen molar-refractivity contribution in [2.45, 2.75) is 6.42 Å². The Morgan fingerprint density at radius 3 is 3.07 bits per heavy atom. The molecule has 1 unspecified atom stereocenters. The first-order chi connectivity index (χ1) is 6.72. The van der Waals surface area contributed by atoms with Gasteiger partial charge in [-0.2, -0.15) is 5.10 Å². The van der Waals surface area contributed by atoms with E-state index in [4.69, 9.17) is 21.1 Å². The number of thioether (sulfide) groups is 1. The fourth-order valence-corrected chi connectivity index (χ4v) is 1.51. The maximum atomic E-state index is 5.38. The summed E-state index contributed by atoms with van der Waals surface area (Å²) in [6.45, 7) is 5.88. The SMILES string of the molecule is C=C(OCC1CCOC1)S/C(N)=N\N. The minimum absolute atomic E-state index is 0.248. The van der Waals surface area contributed by atoms with Gasteiger partial charge >= 0.3 is 0 Å². The van der Waals surface area contributed by atoms with Crippen molar-refractivity contribution in [2.24, 2.45) is 22.6 Å². The summed E-state index contributed by atoms with van der Waals surface area (Å²) in [5.74, 6) is 5.43. The summed E-state index contributed by atoms with van der Waals surface area (Å²) in [7, 11) is 0. The van der Waals surface area contributed by atoms with Crippen molar-refractivity contribution in [3.05, 3.63) is 11.7 Å². The minimum atomic E-state index is 0.248. The molecule has 6 heteroatoms. The highest BCUT2D eigenvalue weighted by Gasteiger charge is 2.16. The molecule has 1 heterocycles. The van der Waals surface area contributed by atoms with Crippen LogP contribution in [0.2, 0.25) is 0 Å². The maximum absolute atomic E-state index is 5.38. The summed E-state index contributed by atoms with van der Waals surface area (Å²) < 4.78 is 10.6. The van der Waals surface area contributed by atoms with E-state index < -0.39 is 0 Å². The predicted octanol–water partition coefficient (Wildman–Crippen LogP) is 0.432. The lowest BCUT2D eigenvalue weighted by Crippen LogP contribution is -2.12. The Morgan fingerprint density at radius 2 is 2.50 bits per heavy atom. The van der Waals surface area contributed by atoms with Gasteiger partial charge in [-0.15, -0.1) is 0 Å². The Morgan fingerprint density at radius 1 is 1.71 bits per heavy atom. The van der Waals surface area contributed by atoms with Crippen LogP contribution >= 0.6 is 11.8 Å². The van der Waals surface area contributed by atoms with Crippen molar-refractivity contribution < 1.29 is 9.47 Å². The van der Waals surface area contributed by atoms with E-state index in [-0.39, 0.29) is 5.17 Å². The van der Waals surface area contributed by atoms with Crippen LogP contribution in [0.4, 0.5) is 0 Å². The third kappa shape index (κ3) is 3.89. The molecular formula is C8H15N3O2S. The molecule has 1 fully saturated rings. The largest absolute Gasteiger partial charge is 0.487 e. The van der Waals surface area contributed by atoms with Crippen molar-refractivity contribution in [3.8, 4) is 0 Å². The van der Waals surface area contributed by atoms with E-state index in [1.54, 1.807) is 0 Å². The second-order valence-corrected chi connectivity index (χ2v) is 4.06.